The first-order chi connectivity index (χ1) is 7.24. The van der Waals surface area contributed by atoms with Gasteiger partial charge in [0, 0.05) is 12.5 Å². The Bertz CT molecular complexity index is 206. The van der Waals surface area contributed by atoms with Gasteiger partial charge in [0.1, 0.15) is 5.84 Å². The molecule has 0 aliphatic carbocycles. The van der Waals surface area contributed by atoms with Gasteiger partial charge in [0.2, 0.25) is 0 Å². The van der Waals surface area contributed by atoms with Gasteiger partial charge in [0.25, 0.3) is 0 Å². The van der Waals surface area contributed by atoms with E-state index in [1.165, 1.54) is 25.8 Å². The van der Waals surface area contributed by atoms with Crippen LogP contribution in [-0.4, -0.2) is 35.1 Å². The van der Waals surface area contributed by atoms with Crippen LogP contribution in [0.4, 0.5) is 0 Å². The molecule has 0 amide bonds. The predicted molar refractivity (Wildman–Crippen MR) is 62.1 cm³/mol. The van der Waals surface area contributed by atoms with Crippen molar-refractivity contribution in [3.8, 4) is 0 Å². The van der Waals surface area contributed by atoms with E-state index in [0.29, 0.717) is 12.3 Å². The number of likely N-dealkylation sites (tertiary alicyclic amines) is 1. The Labute approximate surface area is 92.1 Å². The zero-order valence-electron chi connectivity index (χ0n) is 9.65. The molecule has 0 saturated carbocycles. The van der Waals surface area contributed by atoms with Crippen molar-refractivity contribution < 1.29 is 5.21 Å². The lowest BCUT2D eigenvalue weighted by Crippen LogP contribution is -2.38. The first-order valence-electron chi connectivity index (χ1n) is 5.94. The van der Waals surface area contributed by atoms with Crippen molar-refractivity contribution in [3.05, 3.63) is 0 Å². The lowest BCUT2D eigenvalue weighted by Gasteiger charge is -2.33. The van der Waals surface area contributed by atoms with Crippen LogP contribution in [0.25, 0.3) is 0 Å². The minimum atomic E-state index is 0.349. The molecule has 1 saturated heterocycles. The molecule has 88 valence electrons. The van der Waals surface area contributed by atoms with E-state index in [1.807, 2.05) is 0 Å². The van der Waals surface area contributed by atoms with Gasteiger partial charge in [-0.2, -0.15) is 0 Å². The van der Waals surface area contributed by atoms with Crippen molar-refractivity contribution in [1.29, 1.82) is 0 Å². The number of hydrogen-bond donors (Lipinski definition) is 2. The van der Waals surface area contributed by atoms with Gasteiger partial charge in [-0.3, -0.25) is 0 Å². The topological polar surface area (TPSA) is 61.8 Å². The Kier molecular flexibility index (Phi) is 5.47. The van der Waals surface area contributed by atoms with Gasteiger partial charge in [-0.25, -0.2) is 0 Å². The van der Waals surface area contributed by atoms with E-state index >= 15 is 0 Å². The van der Waals surface area contributed by atoms with E-state index in [9.17, 15) is 0 Å². The summed E-state index contributed by atoms with van der Waals surface area (Å²) in [5.41, 5.74) is 5.41. The van der Waals surface area contributed by atoms with Gasteiger partial charge < -0.3 is 15.8 Å². The van der Waals surface area contributed by atoms with Gasteiger partial charge in [-0.15, -0.1) is 0 Å². The molecule has 0 aromatic carbocycles. The van der Waals surface area contributed by atoms with Gasteiger partial charge in [0.05, 0.1) is 0 Å². The second kappa shape index (κ2) is 6.67. The highest BCUT2D eigenvalue weighted by Crippen LogP contribution is 2.16. The van der Waals surface area contributed by atoms with Crippen molar-refractivity contribution in [2.75, 3.05) is 13.1 Å². The van der Waals surface area contributed by atoms with Gasteiger partial charge >= 0.3 is 0 Å². The molecule has 4 nitrogen and oxygen atoms in total. The average molecular weight is 213 g/mol. The maximum Gasteiger partial charge on any atom is 0.139 e. The Balaban J connectivity index is 2.08. The quantitative estimate of drug-likeness (QED) is 0.240. The van der Waals surface area contributed by atoms with Crippen molar-refractivity contribution in [2.45, 2.75) is 51.5 Å². The Hall–Kier alpha value is -0.770. The third-order valence-electron chi connectivity index (χ3n) is 3.20. The summed E-state index contributed by atoms with van der Waals surface area (Å²) in [6.07, 6.45) is 6.91. The molecule has 1 aliphatic rings. The van der Waals surface area contributed by atoms with Crippen molar-refractivity contribution in [3.63, 3.8) is 0 Å². The van der Waals surface area contributed by atoms with Crippen LogP contribution in [0, 0.1) is 0 Å². The average Bonchev–Trinajstić information content (AvgIpc) is 2.26. The van der Waals surface area contributed by atoms with Crippen molar-refractivity contribution in [1.82, 2.24) is 4.90 Å². The maximum absolute atomic E-state index is 8.38. The molecule has 0 radical (unpaired) electrons. The predicted octanol–water partition coefficient (Wildman–Crippen LogP) is 1.78. The number of rotatable bonds is 5. The Morgan fingerprint density at radius 1 is 1.47 bits per heavy atom. The van der Waals surface area contributed by atoms with E-state index < -0.39 is 0 Å². The summed E-state index contributed by atoms with van der Waals surface area (Å²) in [6.45, 7) is 4.70. The number of unbranched alkanes of at least 4 members (excludes halogenated alkanes) is 1. The molecular weight excluding hydrogens is 190 g/mol. The minimum Gasteiger partial charge on any atom is -0.409 e. The number of piperidine rings is 1. The standard InChI is InChI=1S/C11H23N3O/c1-10-6-2-4-8-14(10)9-5-3-7-11(12)13-15/h10,15H,2-9H2,1H3,(H2,12,13). The SMILES string of the molecule is CC1CCCCN1CCCCC(N)=NO. The third kappa shape index (κ3) is 4.51. The molecule has 0 spiro atoms. The largest absolute Gasteiger partial charge is 0.409 e. The molecule has 1 rings (SSSR count). The normalized spacial score (nSPS) is 24.3. The van der Waals surface area contributed by atoms with E-state index in [0.717, 1.165) is 25.4 Å². The molecule has 0 aromatic rings. The number of nitrogens with two attached hydrogens (primary N) is 1. The highest BCUT2D eigenvalue weighted by molar-refractivity contribution is 5.79. The highest BCUT2D eigenvalue weighted by Gasteiger charge is 2.16. The summed E-state index contributed by atoms with van der Waals surface area (Å²) in [7, 11) is 0. The van der Waals surface area contributed by atoms with Crippen LogP contribution < -0.4 is 5.73 Å². The van der Waals surface area contributed by atoms with E-state index in [4.69, 9.17) is 10.9 Å². The monoisotopic (exact) mass is 213 g/mol. The summed E-state index contributed by atoms with van der Waals surface area (Å²) in [6, 6.07) is 0.739. The van der Waals surface area contributed by atoms with Crippen LogP contribution in [0.2, 0.25) is 0 Å². The lowest BCUT2D eigenvalue weighted by atomic mass is 10.0. The molecule has 4 heteroatoms. The molecule has 1 heterocycles. The van der Waals surface area contributed by atoms with Crippen LogP contribution >= 0.6 is 0 Å². The molecule has 0 bridgehead atoms. The van der Waals surface area contributed by atoms with E-state index in [2.05, 4.69) is 17.0 Å². The highest BCUT2D eigenvalue weighted by atomic mass is 16.4. The Morgan fingerprint density at radius 2 is 2.27 bits per heavy atom. The number of hydrogen-bond acceptors (Lipinski definition) is 3. The summed E-state index contributed by atoms with van der Waals surface area (Å²) in [5.74, 6) is 0.349. The number of oxime groups is 1. The molecular formula is C11H23N3O. The summed E-state index contributed by atoms with van der Waals surface area (Å²) >= 11 is 0. The van der Waals surface area contributed by atoms with E-state index in [1.54, 1.807) is 0 Å². The second-order valence-corrected chi connectivity index (χ2v) is 4.43. The van der Waals surface area contributed by atoms with E-state index in [-0.39, 0.29) is 0 Å². The van der Waals surface area contributed by atoms with Crippen LogP contribution in [0.3, 0.4) is 0 Å². The fourth-order valence-electron chi connectivity index (χ4n) is 2.16. The Morgan fingerprint density at radius 3 is 2.93 bits per heavy atom. The molecule has 0 aromatic heterocycles. The molecule has 1 aliphatic heterocycles. The maximum atomic E-state index is 8.38. The summed E-state index contributed by atoms with van der Waals surface area (Å²) in [4.78, 5) is 2.55. The zero-order valence-corrected chi connectivity index (χ0v) is 9.65. The number of nitrogens with zero attached hydrogens (tertiary/aromatic N) is 2. The van der Waals surface area contributed by atoms with Gasteiger partial charge in [-0.05, 0) is 45.7 Å². The van der Waals surface area contributed by atoms with Crippen LogP contribution in [0.15, 0.2) is 5.16 Å². The fraction of sp³-hybridized carbons (Fsp3) is 0.909. The van der Waals surface area contributed by atoms with Crippen LogP contribution in [0.5, 0.6) is 0 Å². The minimum absolute atomic E-state index is 0.349. The number of amidine groups is 1. The molecule has 1 fully saturated rings. The zero-order chi connectivity index (χ0) is 11.1. The van der Waals surface area contributed by atoms with Gasteiger partial charge in [0.15, 0.2) is 0 Å². The second-order valence-electron chi connectivity index (χ2n) is 4.43. The van der Waals surface area contributed by atoms with Crippen molar-refractivity contribution >= 4 is 5.84 Å². The van der Waals surface area contributed by atoms with Crippen LogP contribution in [0.1, 0.15) is 45.4 Å². The summed E-state index contributed by atoms with van der Waals surface area (Å²) < 4.78 is 0. The smallest absolute Gasteiger partial charge is 0.139 e. The first-order valence-corrected chi connectivity index (χ1v) is 5.94. The molecule has 3 N–H and O–H groups in total. The fourth-order valence-corrected chi connectivity index (χ4v) is 2.16. The molecule has 15 heavy (non-hydrogen) atoms. The van der Waals surface area contributed by atoms with Crippen molar-refractivity contribution in [2.24, 2.45) is 10.9 Å². The molecule has 1 unspecified atom stereocenters. The third-order valence-corrected chi connectivity index (χ3v) is 3.20. The lowest BCUT2D eigenvalue weighted by molar-refractivity contribution is 0.158. The van der Waals surface area contributed by atoms with Gasteiger partial charge in [-0.1, -0.05) is 11.6 Å². The summed E-state index contributed by atoms with van der Waals surface area (Å²) in [5, 5.41) is 11.3. The van der Waals surface area contributed by atoms with Crippen LogP contribution in [-0.2, 0) is 0 Å². The molecule has 1 atom stereocenters. The first kappa shape index (κ1) is 12.3.